The smallest absolute Gasteiger partial charge is 0.321 e. The van der Waals surface area contributed by atoms with Crippen LogP contribution in [0.15, 0.2) is 24.3 Å². The van der Waals surface area contributed by atoms with Crippen molar-refractivity contribution in [2.45, 2.75) is 24.8 Å². The summed E-state index contributed by atoms with van der Waals surface area (Å²) in [5, 5.41) is 2.99. The number of methoxy groups -OCH3 is 1. The third-order valence-corrected chi connectivity index (χ3v) is 5.73. The van der Waals surface area contributed by atoms with Crippen LogP contribution >= 0.6 is 0 Å². The van der Waals surface area contributed by atoms with E-state index in [0.717, 1.165) is 57.0 Å². The highest BCUT2D eigenvalue weighted by Gasteiger charge is 2.40. The van der Waals surface area contributed by atoms with Crippen LogP contribution in [-0.4, -0.2) is 80.2 Å². The Morgan fingerprint density at radius 2 is 1.76 bits per heavy atom. The number of anilines is 1. The number of urea groups is 1. The highest BCUT2D eigenvalue weighted by molar-refractivity contribution is 5.89. The molecule has 1 aromatic rings. The first-order valence-electron chi connectivity index (χ1n) is 9.12. The molecule has 2 fully saturated rings. The van der Waals surface area contributed by atoms with Gasteiger partial charge in [-0.1, -0.05) is 0 Å². The number of carbonyl (C=O) groups is 1. The zero-order valence-electron chi connectivity index (χ0n) is 15.6. The lowest BCUT2D eigenvalue weighted by molar-refractivity contribution is 0.0442. The quantitative estimate of drug-likeness (QED) is 0.893. The predicted octanol–water partition coefficient (Wildman–Crippen LogP) is 2.33. The molecule has 6 nitrogen and oxygen atoms in total. The van der Waals surface area contributed by atoms with Gasteiger partial charge in [0.2, 0.25) is 0 Å². The van der Waals surface area contributed by atoms with Crippen molar-refractivity contribution in [1.29, 1.82) is 0 Å². The fraction of sp³-hybridized carbons (Fsp3) is 0.632. The van der Waals surface area contributed by atoms with Gasteiger partial charge in [0, 0.05) is 30.9 Å². The Morgan fingerprint density at radius 1 is 1.08 bits per heavy atom. The lowest BCUT2D eigenvalue weighted by Gasteiger charge is -2.47. The minimum Gasteiger partial charge on any atom is -0.497 e. The number of carbonyl (C=O) groups excluding carboxylic acids is 1. The van der Waals surface area contributed by atoms with Crippen LogP contribution in [0, 0.1) is 0 Å². The van der Waals surface area contributed by atoms with Crippen LogP contribution < -0.4 is 10.1 Å². The second kappa shape index (κ2) is 7.62. The summed E-state index contributed by atoms with van der Waals surface area (Å²) >= 11 is 0. The maximum atomic E-state index is 12.6. The highest BCUT2D eigenvalue weighted by atomic mass is 16.5. The van der Waals surface area contributed by atoms with Gasteiger partial charge in [0.25, 0.3) is 0 Å². The van der Waals surface area contributed by atoms with Gasteiger partial charge in [-0.2, -0.15) is 0 Å². The molecule has 0 radical (unpaired) electrons. The molecule has 3 rings (SSSR count). The van der Waals surface area contributed by atoms with Crippen molar-refractivity contribution in [3.63, 3.8) is 0 Å². The number of rotatable bonds is 2. The van der Waals surface area contributed by atoms with E-state index in [2.05, 4.69) is 29.2 Å². The first kappa shape index (κ1) is 18.0. The molecule has 138 valence electrons. The van der Waals surface area contributed by atoms with Crippen LogP contribution in [0.25, 0.3) is 0 Å². The van der Waals surface area contributed by atoms with Crippen LogP contribution in [0.1, 0.15) is 19.3 Å². The molecule has 0 unspecified atom stereocenters. The van der Waals surface area contributed by atoms with E-state index in [-0.39, 0.29) is 11.6 Å². The summed E-state index contributed by atoms with van der Waals surface area (Å²) in [6.07, 6.45) is 3.28. The van der Waals surface area contributed by atoms with E-state index in [1.807, 2.05) is 29.2 Å². The van der Waals surface area contributed by atoms with Gasteiger partial charge in [0.15, 0.2) is 0 Å². The molecule has 6 heteroatoms. The van der Waals surface area contributed by atoms with E-state index in [9.17, 15) is 4.79 Å². The average Bonchev–Trinajstić information content (AvgIpc) is 2.75. The van der Waals surface area contributed by atoms with Gasteiger partial charge >= 0.3 is 6.03 Å². The van der Waals surface area contributed by atoms with Crippen molar-refractivity contribution in [2.24, 2.45) is 0 Å². The zero-order chi connectivity index (χ0) is 17.9. The molecular weight excluding hydrogens is 316 g/mol. The number of hydrogen-bond acceptors (Lipinski definition) is 4. The van der Waals surface area contributed by atoms with Crippen LogP contribution in [0.2, 0.25) is 0 Å². The molecule has 2 amide bonds. The van der Waals surface area contributed by atoms with Crippen molar-refractivity contribution >= 4 is 11.7 Å². The van der Waals surface area contributed by atoms with E-state index >= 15 is 0 Å². The Kier molecular flexibility index (Phi) is 5.49. The monoisotopic (exact) mass is 346 g/mol. The zero-order valence-corrected chi connectivity index (χ0v) is 15.6. The number of nitrogens with one attached hydrogen (secondary N) is 1. The van der Waals surface area contributed by atoms with Crippen molar-refractivity contribution in [3.8, 4) is 5.75 Å². The third kappa shape index (κ3) is 4.07. The second-order valence-corrected chi connectivity index (χ2v) is 7.38. The highest BCUT2D eigenvalue weighted by Crippen LogP contribution is 2.31. The minimum atomic E-state index is -0.00959. The fourth-order valence-electron chi connectivity index (χ4n) is 4.06. The summed E-state index contributed by atoms with van der Waals surface area (Å²) in [4.78, 5) is 19.5. The lowest BCUT2D eigenvalue weighted by atomic mass is 9.85. The van der Waals surface area contributed by atoms with Gasteiger partial charge < -0.3 is 19.9 Å². The Bertz CT molecular complexity index is 582. The van der Waals surface area contributed by atoms with Gasteiger partial charge in [-0.25, -0.2) is 4.79 Å². The van der Waals surface area contributed by atoms with E-state index in [4.69, 9.17) is 4.74 Å². The van der Waals surface area contributed by atoms with E-state index in [1.54, 1.807) is 7.11 Å². The van der Waals surface area contributed by atoms with Crippen molar-refractivity contribution in [1.82, 2.24) is 14.7 Å². The molecule has 2 aliphatic rings. The normalized spacial score (nSPS) is 21.8. The third-order valence-electron chi connectivity index (χ3n) is 5.73. The first-order valence-corrected chi connectivity index (χ1v) is 9.12. The summed E-state index contributed by atoms with van der Waals surface area (Å²) in [6.45, 7) is 5.01. The van der Waals surface area contributed by atoms with Gasteiger partial charge in [0.1, 0.15) is 5.75 Å². The number of likely N-dealkylation sites (tertiary alicyclic amines) is 1. The van der Waals surface area contributed by atoms with Crippen molar-refractivity contribution in [3.05, 3.63) is 24.3 Å². The second-order valence-electron chi connectivity index (χ2n) is 7.38. The molecule has 2 saturated heterocycles. The number of hydrogen-bond donors (Lipinski definition) is 1. The Morgan fingerprint density at radius 3 is 2.40 bits per heavy atom. The van der Waals surface area contributed by atoms with Crippen LogP contribution in [-0.2, 0) is 0 Å². The van der Waals surface area contributed by atoms with Crippen molar-refractivity contribution in [2.75, 3.05) is 59.2 Å². The van der Waals surface area contributed by atoms with Gasteiger partial charge in [-0.3, -0.25) is 4.90 Å². The number of amides is 2. The summed E-state index contributed by atoms with van der Waals surface area (Å²) in [7, 11) is 6.09. The molecule has 1 aromatic carbocycles. The molecule has 0 bridgehead atoms. The van der Waals surface area contributed by atoms with Crippen LogP contribution in [0.3, 0.4) is 0 Å². The minimum absolute atomic E-state index is 0.00959. The molecule has 25 heavy (non-hydrogen) atoms. The Balaban J connectivity index is 1.58. The maximum Gasteiger partial charge on any atom is 0.321 e. The van der Waals surface area contributed by atoms with Gasteiger partial charge in [-0.05, 0) is 70.7 Å². The van der Waals surface area contributed by atoms with E-state index < -0.39 is 0 Å². The molecule has 0 aliphatic carbocycles. The van der Waals surface area contributed by atoms with E-state index in [1.165, 1.54) is 6.42 Å². The first-order chi connectivity index (χ1) is 12.0. The number of likely N-dealkylation sites (N-methyl/N-ethyl adjacent to an activating group) is 2. The van der Waals surface area contributed by atoms with Crippen LogP contribution in [0.5, 0.6) is 5.75 Å². The summed E-state index contributed by atoms with van der Waals surface area (Å²) in [5.41, 5.74) is 1.01. The topological polar surface area (TPSA) is 48.1 Å². The molecular formula is C19H30N4O2. The summed E-state index contributed by atoms with van der Waals surface area (Å²) in [5.74, 6) is 0.790. The fourth-order valence-corrected chi connectivity index (χ4v) is 4.06. The Hall–Kier alpha value is -1.79. The number of piperidine rings is 1. The molecule has 0 atom stereocenters. The average molecular weight is 346 g/mol. The van der Waals surface area contributed by atoms with Gasteiger partial charge in [0.05, 0.1) is 7.11 Å². The standard InChI is InChI=1S/C19H30N4O2/c1-21-11-4-12-22(2)19(15-21)9-13-23(14-10-19)18(24)20-16-5-7-17(25-3)8-6-16/h5-8H,4,9-15H2,1-3H3,(H,20,24). The summed E-state index contributed by atoms with van der Waals surface area (Å²) in [6, 6.07) is 7.45. The Labute approximate surface area is 150 Å². The molecule has 1 spiro atoms. The maximum absolute atomic E-state index is 12.6. The van der Waals surface area contributed by atoms with E-state index in [0.29, 0.717) is 0 Å². The lowest BCUT2D eigenvalue weighted by Crippen LogP contribution is -2.58. The molecule has 0 aromatic heterocycles. The molecule has 2 aliphatic heterocycles. The largest absolute Gasteiger partial charge is 0.497 e. The molecule has 2 heterocycles. The van der Waals surface area contributed by atoms with Crippen molar-refractivity contribution < 1.29 is 9.53 Å². The SMILES string of the molecule is COc1ccc(NC(=O)N2CCC3(CC2)CN(C)CCCN3C)cc1. The number of benzene rings is 1. The molecule has 1 N–H and O–H groups in total. The van der Waals surface area contributed by atoms with Gasteiger partial charge in [-0.15, -0.1) is 0 Å². The molecule has 0 saturated carbocycles. The number of ether oxygens (including phenoxy) is 1. The number of nitrogens with zero attached hydrogens (tertiary/aromatic N) is 3. The summed E-state index contributed by atoms with van der Waals surface area (Å²) < 4.78 is 5.15. The van der Waals surface area contributed by atoms with Crippen LogP contribution in [0.4, 0.5) is 10.5 Å². The predicted molar refractivity (Wildman–Crippen MR) is 100 cm³/mol.